The normalized spacial score (nSPS) is 24.8. The van der Waals surface area contributed by atoms with Crippen molar-refractivity contribution in [3.63, 3.8) is 0 Å². The van der Waals surface area contributed by atoms with E-state index in [-0.39, 0.29) is 36.2 Å². The molecule has 2 aliphatic rings. The maximum atomic E-state index is 12.6. The fraction of sp³-hybridized carbons (Fsp3) is 0.556. The van der Waals surface area contributed by atoms with Crippen LogP contribution in [0.2, 0.25) is 0 Å². The highest BCUT2D eigenvalue weighted by atomic mass is 16.5. The maximum absolute atomic E-state index is 12.6. The van der Waals surface area contributed by atoms with E-state index in [0.717, 1.165) is 24.2 Å². The largest absolute Gasteiger partial charge is 0.497 e. The Labute approximate surface area is 142 Å². The van der Waals surface area contributed by atoms with Crippen molar-refractivity contribution in [1.82, 2.24) is 10.2 Å². The van der Waals surface area contributed by atoms with Gasteiger partial charge in [0.1, 0.15) is 5.75 Å². The van der Waals surface area contributed by atoms with Crippen molar-refractivity contribution in [2.75, 3.05) is 20.7 Å². The SMILES string of the molecule is COc1ccc(C2C(C(=O)NCC(N)C3CC3)CC(=O)N2C)cc1. The van der Waals surface area contributed by atoms with Gasteiger partial charge < -0.3 is 20.7 Å². The number of ether oxygens (including phenoxy) is 1. The summed E-state index contributed by atoms with van der Waals surface area (Å²) in [6.45, 7) is 0.479. The van der Waals surface area contributed by atoms with E-state index in [9.17, 15) is 9.59 Å². The van der Waals surface area contributed by atoms with Gasteiger partial charge in [0, 0.05) is 26.1 Å². The Hall–Kier alpha value is -2.08. The number of methoxy groups -OCH3 is 1. The van der Waals surface area contributed by atoms with Crippen molar-refractivity contribution in [2.24, 2.45) is 17.6 Å². The number of nitrogens with one attached hydrogen (secondary N) is 1. The van der Waals surface area contributed by atoms with Gasteiger partial charge in [0.15, 0.2) is 0 Å². The molecule has 1 aromatic carbocycles. The highest BCUT2D eigenvalue weighted by Gasteiger charge is 2.42. The van der Waals surface area contributed by atoms with Gasteiger partial charge in [0.2, 0.25) is 11.8 Å². The number of nitrogens with zero attached hydrogens (tertiary/aromatic N) is 1. The van der Waals surface area contributed by atoms with Crippen LogP contribution in [0.5, 0.6) is 5.75 Å². The summed E-state index contributed by atoms with van der Waals surface area (Å²) < 4.78 is 5.17. The van der Waals surface area contributed by atoms with E-state index in [1.54, 1.807) is 19.1 Å². The lowest BCUT2D eigenvalue weighted by Crippen LogP contribution is -2.42. The molecule has 0 spiro atoms. The number of rotatable bonds is 6. The number of hydrogen-bond donors (Lipinski definition) is 2. The molecule has 2 amide bonds. The van der Waals surface area contributed by atoms with Crippen LogP contribution >= 0.6 is 0 Å². The molecule has 3 rings (SSSR count). The van der Waals surface area contributed by atoms with E-state index in [1.807, 2.05) is 24.3 Å². The third-order valence-electron chi connectivity index (χ3n) is 5.12. The number of likely N-dealkylation sites (tertiary alicyclic amines) is 1. The van der Waals surface area contributed by atoms with E-state index in [2.05, 4.69) is 5.32 Å². The summed E-state index contributed by atoms with van der Waals surface area (Å²) in [5, 5.41) is 2.94. The van der Waals surface area contributed by atoms with Gasteiger partial charge in [-0.15, -0.1) is 0 Å². The Morgan fingerprint density at radius 3 is 2.62 bits per heavy atom. The predicted octanol–water partition coefficient (Wildman–Crippen LogP) is 1.07. The molecule has 24 heavy (non-hydrogen) atoms. The quantitative estimate of drug-likeness (QED) is 0.816. The van der Waals surface area contributed by atoms with Crippen molar-refractivity contribution in [3.05, 3.63) is 29.8 Å². The summed E-state index contributed by atoms with van der Waals surface area (Å²) in [6.07, 6.45) is 2.53. The van der Waals surface area contributed by atoms with Crippen molar-refractivity contribution in [2.45, 2.75) is 31.3 Å². The lowest BCUT2D eigenvalue weighted by Gasteiger charge is -2.25. The van der Waals surface area contributed by atoms with E-state index in [1.165, 1.54) is 0 Å². The molecule has 1 aromatic rings. The van der Waals surface area contributed by atoms with E-state index in [4.69, 9.17) is 10.5 Å². The van der Waals surface area contributed by atoms with Crippen molar-refractivity contribution >= 4 is 11.8 Å². The Kier molecular flexibility index (Phi) is 4.76. The fourth-order valence-corrected chi connectivity index (χ4v) is 3.40. The molecule has 0 radical (unpaired) electrons. The van der Waals surface area contributed by atoms with Crippen LogP contribution in [0, 0.1) is 11.8 Å². The fourth-order valence-electron chi connectivity index (χ4n) is 3.40. The zero-order valence-electron chi connectivity index (χ0n) is 14.2. The number of carbonyl (C=O) groups excluding carboxylic acids is 2. The Morgan fingerprint density at radius 1 is 1.38 bits per heavy atom. The van der Waals surface area contributed by atoms with Crippen LogP contribution in [0.3, 0.4) is 0 Å². The zero-order chi connectivity index (χ0) is 17.3. The van der Waals surface area contributed by atoms with Crippen molar-refractivity contribution in [3.8, 4) is 5.75 Å². The van der Waals surface area contributed by atoms with Crippen LogP contribution in [-0.2, 0) is 9.59 Å². The summed E-state index contributed by atoms with van der Waals surface area (Å²) >= 11 is 0. The first-order valence-electron chi connectivity index (χ1n) is 8.44. The summed E-state index contributed by atoms with van der Waals surface area (Å²) in [4.78, 5) is 26.4. The minimum Gasteiger partial charge on any atom is -0.497 e. The number of nitrogens with two attached hydrogens (primary N) is 1. The monoisotopic (exact) mass is 331 g/mol. The first kappa shape index (κ1) is 16.8. The topological polar surface area (TPSA) is 84.7 Å². The molecule has 3 atom stereocenters. The van der Waals surface area contributed by atoms with E-state index in [0.29, 0.717) is 12.5 Å². The number of benzene rings is 1. The lowest BCUT2D eigenvalue weighted by atomic mass is 9.92. The minimum atomic E-state index is -0.387. The smallest absolute Gasteiger partial charge is 0.226 e. The molecule has 3 N–H and O–H groups in total. The van der Waals surface area contributed by atoms with Gasteiger partial charge in [0.05, 0.1) is 19.1 Å². The summed E-state index contributed by atoms with van der Waals surface area (Å²) in [6, 6.07) is 7.29. The molecule has 1 saturated carbocycles. The first-order valence-corrected chi connectivity index (χ1v) is 8.44. The third kappa shape index (κ3) is 3.38. The molecular weight excluding hydrogens is 306 g/mol. The first-order chi connectivity index (χ1) is 11.5. The molecule has 1 aliphatic heterocycles. The molecule has 1 heterocycles. The highest BCUT2D eigenvalue weighted by molar-refractivity contribution is 5.90. The highest BCUT2D eigenvalue weighted by Crippen LogP contribution is 2.37. The van der Waals surface area contributed by atoms with Gasteiger partial charge in [-0.1, -0.05) is 12.1 Å². The summed E-state index contributed by atoms with van der Waals surface area (Å²) in [5.74, 6) is 0.798. The summed E-state index contributed by atoms with van der Waals surface area (Å²) in [5.41, 5.74) is 6.99. The molecule has 0 bridgehead atoms. The third-order valence-corrected chi connectivity index (χ3v) is 5.12. The predicted molar refractivity (Wildman–Crippen MR) is 90.3 cm³/mol. The second kappa shape index (κ2) is 6.81. The van der Waals surface area contributed by atoms with Crippen LogP contribution in [0.4, 0.5) is 0 Å². The van der Waals surface area contributed by atoms with Crippen LogP contribution in [0.25, 0.3) is 0 Å². The summed E-state index contributed by atoms with van der Waals surface area (Å²) in [7, 11) is 3.36. The lowest BCUT2D eigenvalue weighted by molar-refractivity contribution is -0.128. The average Bonchev–Trinajstić information content (AvgIpc) is 3.40. The van der Waals surface area contributed by atoms with Crippen LogP contribution in [0.1, 0.15) is 30.9 Å². The molecular formula is C18H25N3O3. The Bertz CT molecular complexity index is 612. The molecule has 6 nitrogen and oxygen atoms in total. The van der Waals surface area contributed by atoms with Crippen LogP contribution < -0.4 is 15.8 Å². The molecule has 130 valence electrons. The maximum Gasteiger partial charge on any atom is 0.226 e. The van der Waals surface area contributed by atoms with E-state index < -0.39 is 0 Å². The standard InChI is InChI=1S/C18H25N3O3/c1-21-16(22)9-14(18(23)20-10-15(19)11-3-4-11)17(21)12-5-7-13(24-2)8-6-12/h5-8,11,14-15,17H,3-4,9-10,19H2,1-2H3,(H,20,23). The zero-order valence-corrected chi connectivity index (χ0v) is 14.2. The number of carbonyl (C=O) groups is 2. The average molecular weight is 331 g/mol. The second-order valence-electron chi connectivity index (χ2n) is 6.78. The van der Waals surface area contributed by atoms with Crippen LogP contribution in [0.15, 0.2) is 24.3 Å². The van der Waals surface area contributed by atoms with Gasteiger partial charge in [-0.2, -0.15) is 0 Å². The molecule has 0 aromatic heterocycles. The van der Waals surface area contributed by atoms with Crippen molar-refractivity contribution in [1.29, 1.82) is 0 Å². The van der Waals surface area contributed by atoms with Gasteiger partial charge in [-0.25, -0.2) is 0 Å². The number of hydrogen-bond acceptors (Lipinski definition) is 4. The molecule has 1 aliphatic carbocycles. The van der Waals surface area contributed by atoms with Gasteiger partial charge in [0.25, 0.3) is 0 Å². The van der Waals surface area contributed by atoms with Gasteiger partial charge in [-0.3, -0.25) is 9.59 Å². The number of amides is 2. The van der Waals surface area contributed by atoms with Gasteiger partial charge >= 0.3 is 0 Å². The molecule has 6 heteroatoms. The molecule has 3 unspecified atom stereocenters. The molecule has 2 fully saturated rings. The molecule has 1 saturated heterocycles. The minimum absolute atomic E-state index is 0.0116. The van der Waals surface area contributed by atoms with Crippen molar-refractivity contribution < 1.29 is 14.3 Å². The van der Waals surface area contributed by atoms with Gasteiger partial charge in [-0.05, 0) is 36.5 Å². The Balaban J connectivity index is 1.71. The van der Waals surface area contributed by atoms with E-state index >= 15 is 0 Å². The second-order valence-corrected chi connectivity index (χ2v) is 6.78. The van der Waals surface area contributed by atoms with Crippen LogP contribution in [-0.4, -0.2) is 43.5 Å². The Morgan fingerprint density at radius 2 is 2.04 bits per heavy atom.